The van der Waals surface area contributed by atoms with Crippen LogP contribution in [0.5, 0.6) is 0 Å². The molecule has 1 atom stereocenters. The molecular weight excluding hydrogens is 198 g/mol. The van der Waals surface area contributed by atoms with Crippen LogP contribution in [0.2, 0.25) is 0 Å². The second-order valence-electron chi connectivity index (χ2n) is 3.86. The lowest BCUT2D eigenvalue weighted by Crippen LogP contribution is -2.19. The molecule has 88 valence electrons. The number of pyridine rings is 1. The standard InChI is InChI=1S/C13H21N3/c1-5-9-16(4)11-7-8-13(15-10-11)12(6-2)14-3/h5,7-8,10,12,14H,1,6,9H2,2-4H3. The van der Waals surface area contributed by atoms with Crippen LogP contribution < -0.4 is 10.2 Å². The van der Waals surface area contributed by atoms with Crippen LogP contribution in [0.25, 0.3) is 0 Å². The summed E-state index contributed by atoms with van der Waals surface area (Å²) < 4.78 is 0. The largest absolute Gasteiger partial charge is 0.370 e. The van der Waals surface area contributed by atoms with E-state index in [0.717, 1.165) is 24.3 Å². The van der Waals surface area contributed by atoms with E-state index in [2.05, 4.69) is 40.8 Å². The highest BCUT2D eigenvalue weighted by atomic mass is 15.1. The highest BCUT2D eigenvalue weighted by Crippen LogP contribution is 2.17. The molecule has 0 aromatic carbocycles. The highest BCUT2D eigenvalue weighted by molar-refractivity contribution is 5.44. The minimum absolute atomic E-state index is 0.346. The number of likely N-dealkylation sites (N-methyl/N-ethyl adjacent to an activating group) is 1. The first-order chi connectivity index (χ1) is 7.72. The third-order valence-electron chi connectivity index (χ3n) is 2.73. The average molecular weight is 219 g/mol. The van der Waals surface area contributed by atoms with Crippen LogP contribution in [0, 0.1) is 0 Å². The fourth-order valence-electron chi connectivity index (χ4n) is 1.69. The summed E-state index contributed by atoms with van der Waals surface area (Å²) in [5, 5.41) is 3.25. The van der Waals surface area contributed by atoms with Crippen LogP contribution in [-0.4, -0.2) is 25.6 Å². The normalized spacial score (nSPS) is 12.2. The van der Waals surface area contributed by atoms with Gasteiger partial charge in [0.2, 0.25) is 0 Å². The zero-order chi connectivity index (χ0) is 12.0. The van der Waals surface area contributed by atoms with E-state index in [-0.39, 0.29) is 0 Å². The molecule has 1 aromatic rings. The molecular formula is C13H21N3. The van der Waals surface area contributed by atoms with Gasteiger partial charge in [-0.2, -0.15) is 0 Å². The first-order valence-electron chi connectivity index (χ1n) is 5.68. The molecule has 1 N–H and O–H groups in total. The summed E-state index contributed by atoms with van der Waals surface area (Å²) in [6, 6.07) is 4.53. The van der Waals surface area contributed by atoms with Gasteiger partial charge in [-0.15, -0.1) is 6.58 Å². The third-order valence-corrected chi connectivity index (χ3v) is 2.73. The summed E-state index contributed by atoms with van der Waals surface area (Å²) in [6.07, 6.45) is 4.85. The van der Waals surface area contributed by atoms with Crippen LogP contribution in [-0.2, 0) is 0 Å². The van der Waals surface area contributed by atoms with Gasteiger partial charge in [0.15, 0.2) is 0 Å². The summed E-state index contributed by atoms with van der Waals surface area (Å²) in [5.74, 6) is 0. The molecule has 1 heterocycles. The molecule has 0 amide bonds. The summed E-state index contributed by atoms with van der Waals surface area (Å²) in [7, 11) is 4.00. The molecule has 0 bridgehead atoms. The molecule has 1 rings (SSSR count). The summed E-state index contributed by atoms with van der Waals surface area (Å²) >= 11 is 0. The van der Waals surface area contributed by atoms with Crippen molar-refractivity contribution < 1.29 is 0 Å². The Morgan fingerprint density at radius 2 is 2.31 bits per heavy atom. The van der Waals surface area contributed by atoms with Gasteiger partial charge in [-0.25, -0.2) is 0 Å². The third kappa shape index (κ3) is 3.07. The van der Waals surface area contributed by atoms with Crippen molar-refractivity contribution >= 4 is 5.69 Å². The quantitative estimate of drug-likeness (QED) is 0.745. The zero-order valence-corrected chi connectivity index (χ0v) is 10.4. The minimum atomic E-state index is 0.346. The molecule has 3 heteroatoms. The number of nitrogens with one attached hydrogen (secondary N) is 1. The van der Waals surface area contributed by atoms with Crippen molar-refractivity contribution in [3.8, 4) is 0 Å². The van der Waals surface area contributed by atoms with E-state index in [4.69, 9.17) is 0 Å². The smallest absolute Gasteiger partial charge is 0.0574 e. The molecule has 0 saturated heterocycles. The van der Waals surface area contributed by atoms with Gasteiger partial charge < -0.3 is 10.2 Å². The summed E-state index contributed by atoms with van der Waals surface area (Å²) in [5.41, 5.74) is 2.22. The number of rotatable bonds is 6. The molecule has 1 unspecified atom stereocenters. The molecule has 0 aliphatic heterocycles. The van der Waals surface area contributed by atoms with E-state index in [1.54, 1.807) is 0 Å². The molecule has 1 aromatic heterocycles. The lowest BCUT2D eigenvalue weighted by atomic mass is 10.1. The number of hydrogen-bond donors (Lipinski definition) is 1. The number of hydrogen-bond acceptors (Lipinski definition) is 3. The Balaban J connectivity index is 2.77. The molecule has 0 aliphatic carbocycles. The maximum Gasteiger partial charge on any atom is 0.0574 e. The monoisotopic (exact) mass is 219 g/mol. The lowest BCUT2D eigenvalue weighted by Gasteiger charge is -2.18. The van der Waals surface area contributed by atoms with Gasteiger partial charge in [0, 0.05) is 19.6 Å². The Kier molecular flexibility index (Phi) is 4.99. The Morgan fingerprint density at radius 1 is 1.56 bits per heavy atom. The van der Waals surface area contributed by atoms with Crippen LogP contribution in [0.15, 0.2) is 31.0 Å². The van der Waals surface area contributed by atoms with Crippen LogP contribution in [0.3, 0.4) is 0 Å². The molecule has 0 fully saturated rings. The predicted octanol–water partition coefficient (Wildman–Crippen LogP) is 2.37. The van der Waals surface area contributed by atoms with Crippen molar-refractivity contribution in [2.24, 2.45) is 0 Å². The van der Waals surface area contributed by atoms with E-state index >= 15 is 0 Å². The molecule has 16 heavy (non-hydrogen) atoms. The molecule has 0 spiro atoms. The predicted molar refractivity (Wildman–Crippen MR) is 69.8 cm³/mol. The fourth-order valence-corrected chi connectivity index (χ4v) is 1.69. The summed E-state index contributed by atoms with van der Waals surface area (Å²) in [6.45, 7) is 6.72. The highest BCUT2D eigenvalue weighted by Gasteiger charge is 2.08. The van der Waals surface area contributed by atoms with E-state index in [9.17, 15) is 0 Å². The number of anilines is 1. The van der Waals surface area contributed by atoms with Gasteiger partial charge in [0.25, 0.3) is 0 Å². The SMILES string of the molecule is C=CCN(C)c1ccc(C(CC)NC)nc1. The molecule has 0 aliphatic rings. The molecule has 3 nitrogen and oxygen atoms in total. The maximum absolute atomic E-state index is 4.49. The number of nitrogens with zero attached hydrogens (tertiary/aromatic N) is 2. The lowest BCUT2D eigenvalue weighted by molar-refractivity contribution is 0.561. The van der Waals surface area contributed by atoms with E-state index in [0.29, 0.717) is 6.04 Å². The topological polar surface area (TPSA) is 28.2 Å². The van der Waals surface area contributed by atoms with Crippen molar-refractivity contribution in [1.29, 1.82) is 0 Å². The molecule has 0 saturated carbocycles. The van der Waals surface area contributed by atoms with E-state index in [1.165, 1.54) is 0 Å². The van der Waals surface area contributed by atoms with Gasteiger partial charge in [-0.3, -0.25) is 4.98 Å². The van der Waals surface area contributed by atoms with E-state index in [1.807, 2.05) is 26.4 Å². The Hall–Kier alpha value is -1.35. The van der Waals surface area contributed by atoms with Crippen molar-refractivity contribution in [3.05, 3.63) is 36.7 Å². The van der Waals surface area contributed by atoms with Crippen molar-refractivity contribution in [2.75, 3.05) is 25.5 Å². The zero-order valence-electron chi connectivity index (χ0n) is 10.4. The van der Waals surface area contributed by atoms with Crippen LogP contribution >= 0.6 is 0 Å². The Bertz CT molecular complexity index is 314. The minimum Gasteiger partial charge on any atom is -0.370 e. The Morgan fingerprint density at radius 3 is 2.75 bits per heavy atom. The second-order valence-corrected chi connectivity index (χ2v) is 3.86. The maximum atomic E-state index is 4.49. The van der Waals surface area contributed by atoms with Gasteiger partial charge >= 0.3 is 0 Å². The van der Waals surface area contributed by atoms with Gasteiger partial charge in [0.1, 0.15) is 0 Å². The van der Waals surface area contributed by atoms with Gasteiger partial charge in [-0.05, 0) is 25.6 Å². The van der Waals surface area contributed by atoms with Gasteiger partial charge in [-0.1, -0.05) is 13.0 Å². The second kappa shape index (κ2) is 6.28. The van der Waals surface area contributed by atoms with Crippen LogP contribution in [0.4, 0.5) is 5.69 Å². The molecule has 0 radical (unpaired) electrons. The van der Waals surface area contributed by atoms with Crippen molar-refractivity contribution in [2.45, 2.75) is 19.4 Å². The first kappa shape index (κ1) is 12.7. The fraction of sp³-hybridized carbons (Fsp3) is 0.462. The van der Waals surface area contributed by atoms with Crippen molar-refractivity contribution in [1.82, 2.24) is 10.3 Å². The Labute approximate surface area is 98.2 Å². The van der Waals surface area contributed by atoms with E-state index < -0.39 is 0 Å². The van der Waals surface area contributed by atoms with Crippen molar-refractivity contribution in [3.63, 3.8) is 0 Å². The van der Waals surface area contributed by atoms with Crippen LogP contribution in [0.1, 0.15) is 25.1 Å². The number of aromatic nitrogens is 1. The average Bonchev–Trinajstić information content (AvgIpc) is 2.32. The first-order valence-corrected chi connectivity index (χ1v) is 5.68. The summed E-state index contributed by atoms with van der Waals surface area (Å²) in [4.78, 5) is 6.60. The van der Waals surface area contributed by atoms with Gasteiger partial charge in [0.05, 0.1) is 17.6 Å².